The molecule has 1 aromatic rings. The van der Waals surface area contributed by atoms with Gasteiger partial charge in [0.15, 0.2) is 0 Å². The molecule has 0 aliphatic heterocycles. The van der Waals surface area contributed by atoms with E-state index in [0.717, 1.165) is 11.3 Å². The smallest absolute Gasteiger partial charge is 0.337 e. The maximum atomic E-state index is 11.2. The van der Waals surface area contributed by atoms with Crippen molar-refractivity contribution in [1.82, 2.24) is 0 Å². The van der Waals surface area contributed by atoms with Gasteiger partial charge in [-0.15, -0.1) is 0 Å². The molecule has 0 spiro atoms. The van der Waals surface area contributed by atoms with Crippen molar-refractivity contribution in [2.45, 2.75) is 33.7 Å². The normalized spacial score (nSPS) is 12.6. The van der Waals surface area contributed by atoms with Crippen LogP contribution in [-0.2, 0) is 0 Å². The van der Waals surface area contributed by atoms with Crippen LogP contribution >= 0.6 is 0 Å². The molecule has 1 atom stereocenters. The maximum absolute atomic E-state index is 11.2. The lowest BCUT2D eigenvalue weighted by atomic mass is 10.0. The average molecular weight is 235 g/mol. The second kappa shape index (κ2) is 5.21. The van der Waals surface area contributed by atoms with E-state index in [4.69, 9.17) is 0 Å². The Hall–Kier alpha value is -1.51. The van der Waals surface area contributed by atoms with Gasteiger partial charge in [0.25, 0.3) is 0 Å². The molecule has 3 heteroatoms. The van der Waals surface area contributed by atoms with Gasteiger partial charge in [0, 0.05) is 13.1 Å². The summed E-state index contributed by atoms with van der Waals surface area (Å²) in [6.07, 6.45) is 0. The lowest BCUT2D eigenvalue weighted by molar-refractivity contribution is 0.0697. The van der Waals surface area contributed by atoms with Crippen molar-refractivity contribution >= 4 is 11.7 Å². The maximum Gasteiger partial charge on any atom is 0.337 e. The van der Waals surface area contributed by atoms with Gasteiger partial charge in [-0.1, -0.05) is 19.9 Å². The molecule has 0 saturated carbocycles. The SMILES string of the molecule is Cc1ccc(C(=O)O)c(N(C)C(C)C(C)C)c1. The Morgan fingerprint density at radius 1 is 1.29 bits per heavy atom. The Kier molecular flexibility index (Phi) is 4.16. The minimum absolute atomic E-state index is 0.301. The third-order valence-electron chi connectivity index (χ3n) is 3.34. The van der Waals surface area contributed by atoms with Gasteiger partial charge in [-0.05, 0) is 37.5 Å². The first-order valence-corrected chi connectivity index (χ1v) is 5.91. The van der Waals surface area contributed by atoms with Crippen LogP contribution < -0.4 is 4.90 Å². The first-order valence-electron chi connectivity index (χ1n) is 5.91. The first-order chi connectivity index (χ1) is 7.84. The first kappa shape index (κ1) is 13.6. The van der Waals surface area contributed by atoms with Crippen LogP contribution in [0.15, 0.2) is 18.2 Å². The Bertz CT molecular complexity index is 413. The molecule has 0 fully saturated rings. The molecule has 94 valence electrons. The zero-order valence-electron chi connectivity index (χ0n) is 11.2. The Morgan fingerprint density at radius 3 is 2.35 bits per heavy atom. The zero-order valence-corrected chi connectivity index (χ0v) is 11.2. The summed E-state index contributed by atoms with van der Waals surface area (Å²) >= 11 is 0. The number of aryl methyl sites for hydroxylation is 1. The number of carboxylic acid groups (broad SMARTS) is 1. The third-order valence-corrected chi connectivity index (χ3v) is 3.34. The van der Waals surface area contributed by atoms with E-state index in [1.54, 1.807) is 6.07 Å². The highest BCUT2D eigenvalue weighted by Crippen LogP contribution is 2.25. The molecular formula is C14H21NO2. The molecule has 1 aromatic carbocycles. The minimum atomic E-state index is -0.872. The number of aromatic carboxylic acids is 1. The van der Waals surface area contributed by atoms with Crippen molar-refractivity contribution in [2.75, 3.05) is 11.9 Å². The minimum Gasteiger partial charge on any atom is -0.478 e. The van der Waals surface area contributed by atoms with Gasteiger partial charge >= 0.3 is 5.97 Å². The fraction of sp³-hybridized carbons (Fsp3) is 0.500. The molecule has 17 heavy (non-hydrogen) atoms. The predicted octanol–water partition coefficient (Wildman–Crippen LogP) is 3.17. The Morgan fingerprint density at radius 2 is 1.88 bits per heavy atom. The van der Waals surface area contributed by atoms with E-state index in [2.05, 4.69) is 20.8 Å². The van der Waals surface area contributed by atoms with Crippen LogP contribution in [0.3, 0.4) is 0 Å². The molecule has 0 aromatic heterocycles. The van der Waals surface area contributed by atoms with Gasteiger partial charge in [-0.3, -0.25) is 0 Å². The monoisotopic (exact) mass is 235 g/mol. The topological polar surface area (TPSA) is 40.5 Å². The molecule has 0 aliphatic carbocycles. The van der Waals surface area contributed by atoms with Gasteiger partial charge in [0.05, 0.1) is 11.3 Å². The predicted molar refractivity (Wildman–Crippen MR) is 70.8 cm³/mol. The highest BCUT2D eigenvalue weighted by Gasteiger charge is 2.19. The molecule has 0 bridgehead atoms. The fourth-order valence-electron chi connectivity index (χ4n) is 1.78. The molecule has 1 N–H and O–H groups in total. The average Bonchev–Trinajstić information content (AvgIpc) is 2.26. The van der Waals surface area contributed by atoms with Crippen LogP contribution in [0.2, 0.25) is 0 Å². The van der Waals surface area contributed by atoms with Crippen molar-refractivity contribution < 1.29 is 9.90 Å². The summed E-state index contributed by atoms with van der Waals surface area (Å²) in [5, 5.41) is 9.20. The van der Waals surface area contributed by atoms with E-state index in [9.17, 15) is 9.90 Å². The van der Waals surface area contributed by atoms with Crippen LogP contribution in [0.1, 0.15) is 36.7 Å². The van der Waals surface area contributed by atoms with Crippen molar-refractivity contribution in [2.24, 2.45) is 5.92 Å². The van der Waals surface area contributed by atoms with Gasteiger partial charge in [0.1, 0.15) is 0 Å². The van der Waals surface area contributed by atoms with Crippen LogP contribution in [-0.4, -0.2) is 24.2 Å². The highest BCUT2D eigenvalue weighted by atomic mass is 16.4. The quantitative estimate of drug-likeness (QED) is 0.871. The van der Waals surface area contributed by atoms with Crippen LogP contribution in [0.5, 0.6) is 0 Å². The molecule has 1 unspecified atom stereocenters. The molecule has 0 amide bonds. The number of rotatable bonds is 4. The van der Waals surface area contributed by atoms with Crippen molar-refractivity contribution in [3.8, 4) is 0 Å². The van der Waals surface area contributed by atoms with E-state index in [1.165, 1.54) is 0 Å². The van der Waals surface area contributed by atoms with E-state index >= 15 is 0 Å². The van der Waals surface area contributed by atoms with E-state index in [1.807, 2.05) is 31.0 Å². The van der Waals surface area contributed by atoms with Gasteiger partial charge in [0.2, 0.25) is 0 Å². The standard InChI is InChI=1S/C14H21NO2/c1-9(2)11(4)15(5)13-8-10(3)6-7-12(13)14(16)17/h6-9,11H,1-5H3,(H,16,17). The third kappa shape index (κ3) is 2.99. The van der Waals surface area contributed by atoms with Crippen LogP contribution in [0, 0.1) is 12.8 Å². The number of benzene rings is 1. The molecule has 0 heterocycles. The molecule has 0 aliphatic rings. The number of hydrogen-bond donors (Lipinski definition) is 1. The molecule has 3 nitrogen and oxygen atoms in total. The van der Waals surface area contributed by atoms with E-state index < -0.39 is 5.97 Å². The van der Waals surface area contributed by atoms with E-state index in [0.29, 0.717) is 17.5 Å². The van der Waals surface area contributed by atoms with Crippen LogP contribution in [0.25, 0.3) is 0 Å². The molecule has 1 rings (SSSR count). The molecular weight excluding hydrogens is 214 g/mol. The Labute approximate surface area is 103 Å². The fourth-order valence-corrected chi connectivity index (χ4v) is 1.78. The number of nitrogens with zero attached hydrogens (tertiary/aromatic N) is 1. The highest BCUT2D eigenvalue weighted by molar-refractivity contribution is 5.94. The van der Waals surface area contributed by atoms with Gasteiger partial charge < -0.3 is 10.0 Å². The van der Waals surface area contributed by atoms with Gasteiger partial charge in [-0.2, -0.15) is 0 Å². The van der Waals surface area contributed by atoms with E-state index in [-0.39, 0.29) is 0 Å². The van der Waals surface area contributed by atoms with Crippen LogP contribution in [0.4, 0.5) is 5.69 Å². The summed E-state index contributed by atoms with van der Waals surface area (Å²) in [4.78, 5) is 13.2. The van der Waals surface area contributed by atoms with Crippen molar-refractivity contribution in [3.05, 3.63) is 29.3 Å². The summed E-state index contributed by atoms with van der Waals surface area (Å²) in [6, 6.07) is 5.74. The lowest BCUT2D eigenvalue weighted by Crippen LogP contribution is -2.34. The second-order valence-corrected chi connectivity index (χ2v) is 4.92. The summed E-state index contributed by atoms with van der Waals surface area (Å²) in [6.45, 7) is 8.36. The number of carbonyl (C=O) groups is 1. The summed E-state index contributed by atoms with van der Waals surface area (Å²) in [5.41, 5.74) is 2.23. The zero-order chi connectivity index (χ0) is 13.2. The number of anilines is 1. The van der Waals surface area contributed by atoms with Crippen molar-refractivity contribution in [1.29, 1.82) is 0 Å². The molecule has 0 saturated heterocycles. The second-order valence-electron chi connectivity index (χ2n) is 4.92. The summed E-state index contributed by atoms with van der Waals surface area (Å²) in [7, 11) is 1.95. The Balaban J connectivity index is 3.19. The summed E-state index contributed by atoms with van der Waals surface area (Å²) in [5.74, 6) is -0.398. The van der Waals surface area contributed by atoms with Crippen molar-refractivity contribution in [3.63, 3.8) is 0 Å². The molecule has 0 radical (unpaired) electrons. The number of hydrogen-bond acceptors (Lipinski definition) is 2. The summed E-state index contributed by atoms with van der Waals surface area (Å²) < 4.78 is 0. The van der Waals surface area contributed by atoms with Gasteiger partial charge in [-0.25, -0.2) is 4.79 Å². The largest absolute Gasteiger partial charge is 0.478 e. The lowest BCUT2D eigenvalue weighted by Gasteiger charge is -2.31. The number of carboxylic acids is 1.